The van der Waals surface area contributed by atoms with Gasteiger partial charge in [-0.1, -0.05) is 0 Å². The number of sulfone groups is 1. The lowest BCUT2D eigenvalue weighted by atomic mass is 10.1. The zero-order valence-corrected chi connectivity index (χ0v) is 7.47. The van der Waals surface area contributed by atoms with E-state index in [0.29, 0.717) is 6.42 Å². The van der Waals surface area contributed by atoms with E-state index in [-0.39, 0.29) is 17.8 Å². The van der Waals surface area contributed by atoms with E-state index in [0.717, 1.165) is 12.8 Å². The van der Waals surface area contributed by atoms with E-state index in [1.807, 2.05) is 0 Å². The first kappa shape index (κ1) is 9.00. The third kappa shape index (κ3) is 2.17. The quantitative estimate of drug-likeness (QED) is 0.657. The first-order valence-electron chi connectivity index (χ1n) is 3.83. The Hall–Kier alpha value is -0.0900. The molecule has 1 fully saturated rings. The fraction of sp³-hybridized carbons (Fsp3) is 1.00. The van der Waals surface area contributed by atoms with Crippen molar-refractivity contribution in [3.8, 4) is 0 Å². The van der Waals surface area contributed by atoms with Crippen molar-refractivity contribution >= 4 is 9.84 Å². The smallest absolute Gasteiger partial charge is 0.150 e. The molecular formula is C7H14O3S. The summed E-state index contributed by atoms with van der Waals surface area (Å²) in [6.45, 7) is 0.131. The molecule has 0 bridgehead atoms. The lowest BCUT2D eigenvalue weighted by Gasteiger charge is -2.06. The molecule has 0 heterocycles. The zero-order chi connectivity index (χ0) is 8.48. The van der Waals surface area contributed by atoms with Gasteiger partial charge in [-0.05, 0) is 25.2 Å². The molecule has 1 aliphatic carbocycles. The highest BCUT2D eigenvalue weighted by Crippen LogP contribution is 2.29. The van der Waals surface area contributed by atoms with Crippen molar-refractivity contribution in [2.75, 3.05) is 12.9 Å². The third-order valence-electron chi connectivity index (χ3n) is 2.36. The van der Waals surface area contributed by atoms with Crippen molar-refractivity contribution in [1.29, 1.82) is 0 Å². The molecular weight excluding hydrogens is 164 g/mol. The second-order valence-corrected chi connectivity index (χ2v) is 5.64. The second-order valence-electron chi connectivity index (χ2n) is 3.31. The molecule has 0 amide bonds. The highest BCUT2D eigenvalue weighted by atomic mass is 32.2. The minimum absolute atomic E-state index is 0.131. The van der Waals surface area contributed by atoms with Crippen LogP contribution in [0.25, 0.3) is 0 Å². The van der Waals surface area contributed by atoms with Crippen LogP contribution in [-0.4, -0.2) is 31.6 Å². The average molecular weight is 178 g/mol. The van der Waals surface area contributed by atoms with Crippen LogP contribution in [-0.2, 0) is 9.84 Å². The van der Waals surface area contributed by atoms with E-state index >= 15 is 0 Å². The second kappa shape index (κ2) is 3.11. The Morgan fingerprint density at radius 2 is 2.09 bits per heavy atom. The monoisotopic (exact) mass is 178 g/mol. The number of rotatable bonds is 2. The molecule has 1 N–H and O–H groups in total. The Morgan fingerprint density at radius 1 is 1.45 bits per heavy atom. The van der Waals surface area contributed by atoms with Crippen molar-refractivity contribution in [2.45, 2.75) is 24.5 Å². The van der Waals surface area contributed by atoms with Crippen molar-refractivity contribution in [1.82, 2.24) is 0 Å². The molecule has 0 spiro atoms. The van der Waals surface area contributed by atoms with Gasteiger partial charge < -0.3 is 5.11 Å². The van der Waals surface area contributed by atoms with Crippen LogP contribution in [0.15, 0.2) is 0 Å². The Balaban J connectivity index is 2.55. The van der Waals surface area contributed by atoms with Crippen LogP contribution in [0.3, 0.4) is 0 Å². The highest BCUT2D eigenvalue weighted by Gasteiger charge is 2.30. The lowest BCUT2D eigenvalue weighted by molar-refractivity contribution is 0.230. The van der Waals surface area contributed by atoms with Crippen molar-refractivity contribution in [3.63, 3.8) is 0 Å². The fourth-order valence-electron chi connectivity index (χ4n) is 1.58. The SMILES string of the molecule is CS(=O)(=O)C1CCC(CO)C1. The van der Waals surface area contributed by atoms with Crippen molar-refractivity contribution in [2.24, 2.45) is 5.92 Å². The molecule has 11 heavy (non-hydrogen) atoms. The molecule has 1 saturated carbocycles. The Kier molecular flexibility index (Phi) is 2.54. The summed E-state index contributed by atoms with van der Waals surface area (Å²) in [6, 6.07) is 0. The number of hydrogen-bond acceptors (Lipinski definition) is 3. The first-order chi connectivity index (χ1) is 5.04. The van der Waals surface area contributed by atoms with E-state index < -0.39 is 9.84 Å². The van der Waals surface area contributed by atoms with Gasteiger partial charge in [0.25, 0.3) is 0 Å². The molecule has 0 radical (unpaired) electrons. The predicted octanol–water partition coefficient (Wildman–Crippen LogP) is 0.192. The summed E-state index contributed by atoms with van der Waals surface area (Å²) < 4.78 is 22.0. The lowest BCUT2D eigenvalue weighted by Crippen LogP contribution is -2.16. The van der Waals surface area contributed by atoms with E-state index in [4.69, 9.17) is 5.11 Å². The van der Waals surface area contributed by atoms with Gasteiger partial charge in [-0.25, -0.2) is 8.42 Å². The van der Waals surface area contributed by atoms with E-state index in [1.165, 1.54) is 6.26 Å². The largest absolute Gasteiger partial charge is 0.396 e. The topological polar surface area (TPSA) is 54.4 Å². The van der Waals surface area contributed by atoms with Gasteiger partial charge >= 0.3 is 0 Å². The molecule has 0 aliphatic heterocycles. The molecule has 1 rings (SSSR count). The summed E-state index contributed by atoms with van der Waals surface area (Å²) in [5.41, 5.74) is 0. The van der Waals surface area contributed by atoms with Crippen LogP contribution in [0.2, 0.25) is 0 Å². The van der Waals surface area contributed by atoms with Gasteiger partial charge in [0, 0.05) is 12.9 Å². The standard InChI is InChI=1S/C7H14O3S/c1-11(9,10)7-3-2-6(4-7)5-8/h6-8H,2-5H2,1H3. The minimum Gasteiger partial charge on any atom is -0.396 e. The summed E-state index contributed by atoms with van der Waals surface area (Å²) in [4.78, 5) is 0. The van der Waals surface area contributed by atoms with Crippen molar-refractivity contribution in [3.05, 3.63) is 0 Å². The highest BCUT2D eigenvalue weighted by molar-refractivity contribution is 7.91. The van der Waals surface area contributed by atoms with Crippen molar-refractivity contribution < 1.29 is 13.5 Å². The molecule has 3 nitrogen and oxygen atoms in total. The average Bonchev–Trinajstić information content (AvgIpc) is 2.32. The van der Waals surface area contributed by atoms with E-state index in [1.54, 1.807) is 0 Å². The normalized spacial score (nSPS) is 32.5. The summed E-state index contributed by atoms with van der Waals surface area (Å²) in [7, 11) is -2.86. The minimum atomic E-state index is -2.86. The van der Waals surface area contributed by atoms with Crippen LogP contribution in [0.1, 0.15) is 19.3 Å². The summed E-state index contributed by atoms with van der Waals surface area (Å²) in [5.74, 6) is 0.217. The molecule has 0 aromatic heterocycles. The molecule has 0 aromatic carbocycles. The van der Waals surface area contributed by atoms with E-state index in [9.17, 15) is 8.42 Å². The van der Waals surface area contributed by atoms with E-state index in [2.05, 4.69) is 0 Å². The number of aliphatic hydroxyl groups excluding tert-OH is 1. The first-order valence-corrected chi connectivity index (χ1v) is 5.79. The van der Waals surface area contributed by atoms with Gasteiger partial charge in [0.05, 0.1) is 5.25 Å². The molecule has 2 unspecified atom stereocenters. The number of hydrogen-bond donors (Lipinski definition) is 1. The molecule has 66 valence electrons. The summed E-state index contributed by atoms with van der Waals surface area (Å²) >= 11 is 0. The number of aliphatic hydroxyl groups is 1. The Morgan fingerprint density at radius 3 is 2.36 bits per heavy atom. The van der Waals surface area contributed by atoms with Gasteiger partial charge in [0.2, 0.25) is 0 Å². The van der Waals surface area contributed by atoms with Gasteiger partial charge in [-0.2, -0.15) is 0 Å². The molecule has 0 aromatic rings. The summed E-state index contributed by atoms with van der Waals surface area (Å²) in [5, 5.41) is 8.56. The van der Waals surface area contributed by atoms with Crippen LogP contribution in [0.4, 0.5) is 0 Å². The molecule has 4 heteroatoms. The predicted molar refractivity (Wildman–Crippen MR) is 43.1 cm³/mol. The van der Waals surface area contributed by atoms with Crippen LogP contribution < -0.4 is 0 Å². The van der Waals surface area contributed by atoms with Gasteiger partial charge in [-0.15, -0.1) is 0 Å². The van der Waals surface area contributed by atoms with Crippen LogP contribution in [0.5, 0.6) is 0 Å². The van der Waals surface area contributed by atoms with Crippen LogP contribution >= 0.6 is 0 Å². The molecule has 0 saturated heterocycles. The van der Waals surface area contributed by atoms with Gasteiger partial charge in [0.15, 0.2) is 0 Å². The third-order valence-corrected chi connectivity index (χ3v) is 4.00. The van der Waals surface area contributed by atoms with Gasteiger partial charge in [-0.3, -0.25) is 0 Å². The van der Waals surface area contributed by atoms with Crippen LogP contribution in [0, 0.1) is 5.92 Å². The molecule has 2 atom stereocenters. The summed E-state index contributed by atoms with van der Waals surface area (Å²) in [6.07, 6.45) is 3.51. The Bertz CT molecular complexity index is 220. The maximum absolute atomic E-state index is 11.0. The fourth-order valence-corrected chi connectivity index (χ4v) is 2.77. The Labute approximate surface area is 67.3 Å². The maximum atomic E-state index is 11.0. The maximum Gasteiger partial charge on any atom is 0.150 e. The molecule has 1 aliphatic rings. The zero-order valence-electron chi connectivity index (χ0n) is 6.66. The van der Waals surface area contributed by atoms with Gasteiger partial charge in [0.1, 0.15) is 9.84 Å².